The minimum absolute atomic E-state index is 0.941. The van der Waals surface area contributed by atoms with E-state index in [1.54, 1.807) is 0 Å². The highest BCUT2D eigenvalue weighted by molar-refractivity contribution is 5.61. The number of rotatable bonds is 9. The summed E-state index contributed by atoms with van der Waals surface area (Å²) in [6.07, 6.45) is 13.3. The van der Waals surface area contributed by atoms with E-state index < -0.39 is 0 Å². The van der Waals surface area contributed by atoms with Crippen LogP contribution in [-0.4, -0.2) is 30.9 Å². The van der Waals surface area contributed by atoms with Crippen LogP contribution in [0.1, 0.15) is 58.3 Å². The molecule has 0 spiro atoms. The minimum Gasteiger partial charge on any atom is -0.281 e. The van der Waals surface area contributed by atoms with Gasteiger partial charge in [-0.25, -0.2) is 0 Å². The molecule has 15 heavy (non-hydrogen) atoms. The third-order valence-electron chi connectivity index (χ3n) is 3.08. The lowest BCUT2D eigenvalue weighted by molar-refractivity contribution is 0.331. The van der Waals surface area contributed by atoms with Gasteiger partial charge in [-0.1, -0.05) is 51.9 Å². The summed E-state index contributed by atoms with van der Waals surface area (Å²) in [4.78, 5) is 6.63. The molecule has 0 unspecified atom stereocenters. The van der Waals surface area contributed by atoms with Crippen LogP contribution < -0.4 is 0 Å². The molecule has 1 heterocycles. The molecule has 1 aliphatic heterocycles. The van der Waals surface area contributed by atoms with Gasteiger partial charge in [-0.05, 0) is 6.42 Å². The average Bonchev–Trinajstić information content (AvgIpc) is 2.75. The quantitative estimate of drug-likeness (QED) is 0.532. The van der Waals surface area contributed by atoms with E-state index in [1.165, 1.54) is 57.9 Å². The van der Waals surface area contributed by atoms with Gasteiger partial charge < -0.3 is 0 Å². The maximum absolute atomic E-state index is 4.21. The molecule has 0 aromatic carbocycles. The highest BCUT2D eigenvalue weighted by atomic mass is 15.2. The van der Waals surface area contributed by atoms with E-state index in [9.17, 15) is 0 Å². The van der Waals surface area contributed by atoms with Crippen molar-refractivity contribution in [3.8, 4) is 0 Å². The van der Waals surface area contributed by atoms with Crippen molar-refractivity contribution >= 4 is 6.21 Å². The van der Waals surface area contributed by atoms with Gasteiger partial charge in [-0.3, -0.25) is 9.89 Å². The van der Waals surface area contributed by atoms with Crippen molar-refractivity contribution in [1.29, 1.82) is 0 Å². The number of nitrogens with zero attached hydrogens (tertiary/aromatic N) is 2. The van der Waals surface area contributed by atoms with Crippen molar-refractivity contribution < 1.29 is 0 Å². The van der Waals surface area contributed by atoms with Crippen LogP contribution in [0.15, 0.2) is 4.99 Å². The molecular formula is C13H26N2. The summed E-state index contributed by atoms with van der Waals surface area (Å²) in [5.41, 5.74) is 0. The molecule has 0 N–H and O–H groups in total. The molecule has 0 saturated heterocycles. The Morgan fingerprint density at radius 3 is 2.27 bits per heavy atom. The van der Waals surface area contributed by atoms with Crippen LogP contribution in [-0.2, 0) is 0 Å². The van der Waals surface area contributed by atoms with Crippen molar-refractivity contribution in [2.75, 3.05) is 19.8 Å². The third kappa shape index (κ3) is 6.67. The van der Waals surface area contributed by atoms with E-state index >= 15 is 0 Å². The Morgan fingerprint density at radius 1 is 1.00 bits per heavy atom. The smallest absolute Gasteiger partial charge is 0.0909 e. The molecule has 0 aromatic heterocycles. The molecule has 0 aromatic rings. The highest BCUT2D eigenvalue weighted by Gasteiger charge is 2.05. The number of unbranched alkanes of at least 4 members (excludes halogenated alkanes) is 7. The molecule has 1 rings (SSSR count). The second kappa shape index (κ2) is 8.90. The van der Waals surface area contributed by atoms with Crippen LogP contribution in [0.25, 0.3) is 0 Å². The molecule has 0 saturated carbocycles. The summed E-state index contributed by atoms with van der Waals surface area (Å²) in [7, 11) is 0. The minimum atomic E-state index is 0.941. The molecule has 0 atom stereocenters. The van der Waals surface area contributed by atoms with E-state index in [1.807, 2.05) is 6.21 Å². The van der Waals surface area contributed by atoms with Crippen LogP contribution in [0.4, 0.5) is 0 Å². The Kier molecular flexibility index (Phi) is 7.53. The first-order valence-corrected chi connectivity index (χ1v) is 6.64. The lowest BCUT2D eigenvalue weighted by atomic mass is 10.1. The standard InChI is InChI=1S/C13H26N2/c1-2-3-4-5-6-7-8-9-11-15-12-10-14-13-15/h10H,2-9,11-13H2,1H3. The van der Waals surface area contributed by atoms with E-state index in [-0.39, 0.29) is 0 Å². The molecule has 0 fully saturated rings. The predicted octanol–water partition coefficient (Wildman–Crippen LogP) is 3.47. The second-order valence-electron chi connectivity index (χ2n) is 4.56. The summed E-state index contributed by atoms with van der Waals surface area (Å²) in [6, 6.07) is 0. The van der Waals surface area contributed by atoms with Gasteiger partial charge in [-0.15, -0.1) is 0 Å². The van der Waals surface area contributed by atoms with E-state index in [0.717, 1.165) is 13.2 Å². The first kappa shape index (κ1) is 12.7. The summed E-state index contributed by atoms with van der Waals surface area (Å²) >= 11 is 0. The topological polar surface area (TPSA) is 15.6 Å². The summed E-state index contributed by atoms with van der Waals surface area (Å²) in [5.74, 6) is 0. The summed E-state index contributed by atoms with van der Waals surface area (Å²) in [6.45, 7) is 5.54. The van der Waals surface area contributed by atoms with Crippen molar-refractivity contribution in [3.05, 3.63) is 0 Å². The lowest BCUT2D eigenvalue weighted by Crippen LogP contribution is -2.21. The van der Waals surface area contributed by atoms with Crippen molar-refractivity contribution in [3.63, 3.8) is 0 Å². The normalized spacial score (nSPS) is 16.3. The maximum Gasteiger partial charge on any atom is 0.0909 e. The van der Waals surface area contributed by atoms with Crippen LogP contribution in [0, 0.1) is 0 Å². The van der Waals surface area contributed by atoms with E-state index in [0.29, 0.717) is 0 Å². The van der Waals surface area contributed by atoms with Crippen molar-refractivity contribution in [1.82, 2.24) is 4.90 Å². The molecular weight excluding hydrogens is 184 g/mol. The third-order valence-corrected chi connectivity index (χ3v) is 3.08. The number of aliphatic imine (C=N–C) groups is 1. The molecule has 0 bridgehead atoms. The molecule has 88 valence electrons. The van der Waals surface area contributed by atoms with Gasteiger partial charge in [0.05, 0.1) is 6.67 Å². The average molecular weight is 210 g/mol. The fourth-order valence-corrected chi connectivity index (χ4v) is 2.04. The second-order valence-corrected chi connectivity index (χ2v) is 4.56. The van der Waals surface area contributed by atoms with Gasteiger partial charge in [0, 0.05) is 19.3 Å². The zero-order valence-corrected chi connectivity index (χ0v) is 10.2. The van der Waals surface area contributed by atoms with Crippen LogP contribution in [0.5, 0.6) is 0 Å². The van der Waals surface area contributed by atoms with Gasteiger partial charge in [0.2, 0.25) is 0 Å². The zero-order valence-electron chi connectivity index (χ0n) is 10.2. The van der Waals surface area contributed by atoms with Gasteiger partial charge in [0.15, 0.2) is 0 Å². The SMILES string of the molecule is CCCCCCCCCCN1CC=NC1. The fourth-order valence-electron chi connectivity index (χ4n) is 2.04. The molecule has 0 radical (unpaired) electrons. The number of hydrogen-bond donors (Lipinski definition) is 0. The van der Waals surface area contributed by atoms with E-state index in [4.69, 9.17) is 0 Å². The fraction of sp³-hybridized carbons (Fsp3) is 0.923. The molecule has 2 heteroatoms. The van der Waals surface area contributed by atoms with E-state index in [2.05, 4.69) is 16.8 Å². The molecule has 2 nitrogen and oxygen atoms in total. The Morgan fingerprint density at radius 2 is 1.67 bits per heavy atom. The zero-order chi connectivity index (χ0) is 10.8. The Hall–Kier alpha value is -0.370. The van der Waals surface area contributed by atoms with Gasteiger partial charge in [0.25, 0.3) is 0 Å². The Bertz CT molecular complexity index is 158. The van der Waals surface area contributed by atoms with Crippen LogP contribution in [0.3, 0.4) is 0 Å². The first-order chi connectivity index (χ1) is 7.43. The van der Waals surface area contributed by atoms with Gasteiger partial charge >= 0.3 is 0 Å². The van der Waals surface area contributed by atoms with Crippen molar-refractivity contribution in [2.24, 2.45) is 4.99 Å². The Balaban J connectivity index is 1.73. The molecule has 1 aliphatic rings. The van der Waals surface area contributed by atoms with Gasteiger partial charge in [0.1, 0.15) is 0 Å². The van der Waals surface area contributed by atoms with Crippen LogP contribution >= 0.6 is 0 Å². The highest BCUT2D eigenvalue weighted by Crippen LogP contribution is 2.09. The predicted molar refractivity (Wildman–Crippen MR) is 67.5 cm³/mol. The lowest BCUT2D eigenvalue weighted by Gasteiger charge is -2.12. The van der Waals surface area contributed by atoms with Gasteiger partial charge in [-0.2, -0.15) is 0 Å². The first-order valence-electron chi connectivity index (χ1n) is 6.64. The van der Waals surface area contributed by atoms with Crippen molar-refractivity contribution in [2.45, 2.75) is 58.3 Å². The molecule has 0 amide bonds. The number of hydrogen-bond acceptors (Lipinski definition) is 2. The summed E-state index contributed by atoms with van der Waals surface area (Å²) in [5, 5.41) is 0. The largest absolute Gasteiger partial charge is 0.281 e. The summed E-state index contributed by atoms with van der Waals surface area (Å²) < 4.78 is 0. The van der Waals surface area contributed by atoms with Crippen LogP contribution in [0.2, 0.25) is 0 Å². The monoisotopic (exact) mass is 210 g/mol. The maximum atomic E-state index is 4.21. The Labute approximate surface area is 94.8 Å². The molecule has 0 aliphatic carbocycles.